The van der Waals surface area contributed by atoms with Crippen molar-refractivity contribution in [1.29, 1.82) is 0 Å². The first kappa shape index (κ1) is 45.3. The van der Waals surface area contributed by atoms with E-state index in [1.165, 1.54) is 89.2 Å². The molecule has 5 heteroatoms. The molecule has 38 heavy (non-hydrogen) atoms. The average Bonchev–Trinajstić information content (AvgIpc) is 2.88. The molecule has 0 atom stereocenters. The molecule has 0 aliphatic heterocycles. The summed E-state index contributed by atoms with van der Waals surface area (Å²) in [6.45, 7) is 23.9. The van der Waals surface area contributed by atoms with Crippen LogP contribution >= 0.6 is 0 Å². The smallest absolute Gasteiger partial charge is 0.336 e. The quantitative estimate of drug-likeness (QED) is 0.103. The largest absolute Gasteiger partial charge is 0.872 e. The molecule has 0 heterocycles. The van der Waals surface area contributed by atoms with Gasteiger partial charge < -0.3 is 14.7 Å². The molecule has 0 saturated heterocycles. The first-order chi connectivity index (χ1) is 16.9. The molecule has 0 aromatic heterocycles. The summed E-state index contributed by atoms with van der Waals surface area (Å²) in [6, 6.07) is 6.22. The lowest BCUT2D eigenvalue weighted by Gasteiger charge is -2.21. The molecule has 0 aliphatic carbocycles. The van der Waals surface area contributed by atoms with Crippen LogP contribution in [0.3, 0.4) is 0 Å². The van der Waals surface area contributed by atoms with Gasteiger partial charge >= 0.3 is 5.97 Å². The Bertz CT molecular complexity index is 698. The van der Waals surface area contributed by atoms with Crippen molar-refractivity contribution in [3.63, 3.8) is 0 Å². The lowest BCUT2D eigenvalue weighted by Crippen LogP contribution is -2.27. The zero-order valence-corrected chi connectivity index (χ0v) is 23.1. The molecule has 0 radical (unpaired) electrons. The average molecular weight is 534 g/mol. The second kappa shape index (κ2) is 34.4. The third-order valence-corrected chi connectivity index (χ3v) is 5.01. The standard InChI is InChI=1S/C14H13NO3.C12H27N.C4H10.3CH4/c1-3-18-14(17)13(15-2)6-4-5-11-7-9-12(16)10-8-11;1-4-7-10-13(11-8-5-2)12-9-6-3;1-3-4-2;;;/h4-10,16H,3H2,1H3;4-12H2,1-3H3;3-4H2,1-2H3;3*1H4/p-1. The van der Waals surface area contributed by atoms with Crippen molar-refractivity contribution in [1.82, 2.24) is 4.90 Å². The van der Waals surface area contributed by atoms with E-state index in [1.807, 2.05) is 0 Å². The minimum atomic E-state index is -0.632. The van der Waals surface area contributed by atoms with E-state index in [2.05, 4.69) is 44.4 Å². The zero-order valence-electron chi connectivity index (χ0n) is 23.1. The minimum absolute atomic E-state index is 0. The summed E-state index contributed by atoms with van der Waals surface area (Å²) in [5, 5.41) is 10.9. The molecule has 1 rings (SSSR count). The van der Waals surface area contributed by atoms with E-state index in [0.29, 0.717) is 0 Å². The van der Waals surface area contributed by atoms with Crippen LogP contribution in [0.1, 0.15) is 121 Å². The van der Waals surface area contributed by atoms with Crippen LogP contribution in [0.25, 0.3) is 10.9 Å². The Morgan fingerprint density at radius 1 is 0.842 bits per heavy atom. The first-order valence-corrected chi connectivity index (χ1v) is 13.4. The van der Waals surface area contributed by atoms with Crippen molar-refractivity contribution >= 4 is 12.0 Å². The van der Waals surface area contributed by atoms with Gasteiger partial charge in [0.1, 0.15) is 0 Å². The Morgan fingerprint density at radius 3 is 1.63 bits per heavy atom. The molecule has 0 N–H and O–H groups in total. The highest BCUT2D eigenvalue weighted by molar-refractivity contribution is 5.90. The second-order valence-corrected chi connectivity index (χ2v) is 8.21. The van der Waals surface area contributed by atoms with Crippen molar-refractivity contribution in [3.05, 3.63) is 59.1 Å². The van der Waals surface area contributed by atoms with Crippen molar-refractivity contribution in [2.24, 2.45) is 0 Å². The van der Waals surface area contributed by atoms with E-state index < -0.39 is 5.97 Å². The number of carbonyl (C=O) groups excluding carboxylic acids is 1. The fraction of sp³-hybridized carbons (Fsp3) is 0.636. The van der Waals surface area contributed by atoms with E-state index >= 15 is 0 Å². The highest BCUT2D eigenvalue weighted by atomic mass is 16.5. The second-order valence-electron chi connectivity index (χ2n) is 8.21. The number of ether oxygens (including phenoxy) is 1. The number of unbranched alkanes of at least 4 members (excludes halogenated alkanes) is 4. The van der Waals surface area contributed by atoms with Gasteiger partial charge in [-0.15, -0.1) is 5.75 Å². The molecule has 1 aromatic rings. The van der Waals surface area contributed by atoms with Crippen LogP contribution < -0.4 is 5.11 Å². The number of allylic oxidation sites excluding steroid dienone is 2. The highest BCUT2D eigenvalue weighted by Crippen LogP contribution is 2.09. The SMILES string of the molecule is C.C.C.CCCC.CCCCN(CCCC)CCCC.[C-]#[N+]C(=CC=Cc1ccc([O-])cc1)C(=O)OCC. The fourth-order valence-corrected chi connectivity index (χ4v) is 2.67. The molecule has 0 aliphatic rings. The maximum atomic E-state index is 11.3. The van der Waals surface area contributed by atoms with Gasteiger partial charge in [-0.3, -0.25) is 4.79 Å². The maximum Gasteiger partial charge on any atom is 0.336 e. The van der Waals surface area contributed by atoms with Crippen LogP contribution in [-0.2, 0) is 9.53 Å². The normalized spacial score (nSPS) is 9.89. The van der Waals surface area contributed by atoms with Gasteiger partial charge in [0.05, 0.1) is 13.2 Å². The van der Waals surface area contributed by atoms with Crippen molar-refractivity contribution < 1.29 is 14.6 Å². The van der Waals surface area contributed by atoms with Gasteiger partial charge in [-0.2, -0.15) is 0 Å². The topological polar surface area (TPSA) is 57.0 Å². The van der Waals surface area contributed by atoms with E-state index in [-0.39, 0.29) is 40.3 Å². The predicted octanol–water partition coefficient (Wildman–Crippen LogP) is 9.54. The van der Waals surface area contributed by atoms with E-state index in [0.717, 1.165) is 5.56 Å². The number of rotatable bonds is 14. The van der Waals surface area contributed by atoms with Gasteiger partial charge in [0, 0.05) is 0 Å². The van der Waals surface area contributed by atoms with Crippen molar-refractivity contribution in [3.8, 4) is 5.75 Å². The summed E-state index contributed by atoms with van der Waals surface area (Å²) >= 11 is 0. The Kier molecular flexibility index (Phi) is 41.1. The molecule has 1 aromatic carbocycles. The number of hydrogen-bond acceptors (Lipinski definition) is 4. The maximum absolute atomic E-state index is 11.3. The van der Waals surface area contributed by atoms with E-state index in [4.69, 9.17) is 11.3 Å². The molecular weight excluding hydrogens is 472 g/mol. The van der Waals surface area contributed by atoms with Gasteiger partial charge in [0.15, 0.2) is 0 Å². The Balaban J connectivity index is -0.000000162. The Morgan fingerprint density at radius 2 is 1.29 bits per heavy atom. The fourth-order valence-electron chi connectivity index (χ4n) is 2.67. The predicted molar refractivity (Wildman–Crippen MR) is 168 cm³/mol. The Labute approximate surface area is 237 Å². The number of esters is 1. The molecule has 5 nitrogen and oxygen atoms in total. The summed E-state index contributed by atoms with van der Waals surface area (Å²) in [6.07, 6.45) is 15.4. The summed E-state index contributed by atoms with van der Waals surface area (Å²) < 4.78 is 4.72. The van der Waals surface area contributed by atoms with Gasteiger partial charge in [-0.05, 0) is 57.5 Å². The van der Waals surface area contributed by atoms with Crippen LogP contribution in [0.4, 0.5) is 0 Å². The number of nitrogens with zero attached hydrogens (tertiary/aromatic N) is 2. The first-order valence-electron chi connectivity index (χ1n) is 13.4. The molecule has 0 spiro atoms. The molecular formula is C33H61N2O3-. The summed E-state index contributed by atoms with van der Waals surface area (Å²) in [7, 11) is 0. The third-order valence-electron chi connectivity index (χ3n) is 5.01. The number of carbonyl (C=O) groups is 1. The van der Waals surface area contributed by atoms with E-state index in [9.17, 15) is 9.90 Å². The lowest BCUT2D eigenvalue weighted by molar-refractivity contribution is -0.268. The molecule has 0 saturated carbocycles. The summed E-state index contributed by atoms with van der Waals surface area (Å²) in [5.41, 5.74) is 0.743. The summed E-state index contributed by atoms with van der Waals surface area (Å²) in [5.74, 6) is -0.692. The van der Waals surface area contributed by atoms with Crippen LogP contribution in [0.2, 0.25) is 0 Å². The van der Waals surface area contributed by atoms with Crippen LogP contribution in [-0.4, -0.2) is 37.1 Å². The van der Waals surface area contributed by atoms with Crippen molar-refractivity contribution in [2.45, 2.75) is 115 Å². The third kappa shape index (κ3) is 28.0. The van der Waals surface area contributed by atoms with Gasteiger partial charge in [0.25, 0.3) is 5.70 Å². The van der Waals surface area contributed by atoms with Crippen LogP contribution in [0, 0.1) is 6.57 Å². The molecule has 0 bridgehead atoms. The van der Waals surface area contributed by atoms with Gasteiger partial charge in [-0.1, -0.05) is 125 Å². The summed E-state index contributed by atoms with van der Waals surface area (Å²) in [4.78, 5) is 17.0. The monoisotopic (exact) mass is 533 g/mol. The number of benzene rings is 1. The Hall–Kier alpha value is -2.58. The van der Waals surface area contributed by atoms with Gasteiger partial charge in [0.2, 0.25) is 0 Å². The molecule has 0 unspecified atom stereocenters. The van der Waals surface area contributed by atoms with Gasteiger partial charge in [-0.25, -0.2) is 4.85 Å². The minimum Gasteiger partial charge on any atom is -0.872 e. The van der Waals surface area contributed by atoms with E-state index in [1.54, 1.807) is 31.2 Å². The number of hydrogen-bond donors (Lipinski definition) is 0. The van der Waals surface area contributed by atoms with Crippen molar-refractivity contribution in [2.75, 3.05) is 26.2 Å². The molecule has 0 fully saturated rings. The zero-order chi connectivity index (χ0) is 26.7. The molecule has 222 valence electrons. The van der Waals surface area contributed by atoms with Crippen LogP contribution in [0.5, 0.6) is 5.75 Å². The lowest BCUT2D eigenvalue weighted by atomic mass is 10.2. The van der Waals surface area contributed by atoms with Crippen LogP contribution in [0.15, 0.2) is 42.1 Å². The molecule has 0 amide bonds. The highest BCUT2D eigenvalue weighted by Gasteiger charge is 2.08.